The Kier molecular flexibility index (Phi) is 14.4. The van der Waals surface area contributed by atoms with Crippen LogP contribution in [0.1, 0.15) is 86.0 Å². The summed E-state index contributed by atoms with van der Waals surface area (Å²) < 4.78 is 55.6. The minimum Gasteiger partial charge on any atom is -0.370 e. The SMILES string of the molecule is CC(C)(C)Cc1cc(N(CCC(N)=O)C(=O)C(C)(C)S(=O)(=O)c2ccc(Cl)cc2)on1.CC(C)c1cc(NC(=O)C(C)(C)S(=O)(=O)c2ccc(Cl)cc2)n(C)n1. The predicted octanol–water partition coefficient (Wildman–Crippen LogP) is 6.77. The Bertz CT molecular complexity index is 2260. The number of sulfone groups is 2. The Morgan fingerprint density at radius 1 is 0.839 bits per heavy atom. The smallest absolute Gasteiger partial charge is 0.250 e. The van der Waals surface area contributed by atoms with E-state index in [9.17, 15) is 31.2 Å². The Hall–Kier alpha value is -4.25. The van der Waals surface area contributed by atoms with Crippen LogP contribution in [0.5, 0.6) is 0 Å². The first-order chi connectivity index (χ1) is 25.6. The van der Waals surface area contributed by atoms with Crippen molar-refractivity contribution >= 4 is 72.3 Å². The van der Waals surface area contributed by atoms with Crippen molar-refractivity contribution in [1.82, 2.24) is 14.9 Å². The van der Waals surface area contributed by atoms with Gasteiger partial charge < -0.3 is 15.6 Å². The average molecular weight is 854 g/mol. The van der Waals surface area contributed by atoms with E-state index in [1.807, 2.05) is 34.6 Å². The zero-order valence-electron chi connectivity index (χ0n) is 33.2. The Labute approximate surface area is 338 Å². The van der Waals surface area contributed by atoms with Crippen LogP contribution < -0.4 is 16.0 Å². The zero-order chi connectivity index (χ0) is 42.6. The number of halogens is 2. The van der Waals surface area contributed by atoms with Crippen LogP contribution in [0.15, 0.2) is 75.0 Å². The third-order valence-corrected chi connectivity index (χ3v) is 14.1. The minimum absolute atomic E-state index is 0.0453. The predicted molar refractivity (Wildman–Crippen MR) is 217 cm³/mol. The molecule has 0 spiro atoms. The van der Waals surface area contributed by atoms with Gasteiger partial charge in [-0.05, 0) is 94.0 Å². The first-order valence-electron chi connectivity index (χ1n) is 17.5. The number of nitrogens with one attached hydrogen (secondary N) is 1. The van der Waals surface area contributed by atoms with Gasteiger partial charge in [0, 0.05) is 42.2 Å². The lowest BCUT2D eigenvalue weighted by molar-refractivity contribution is -0.121. The lowest BCUT2D eigenvalue weighted by atomic mass is 9.91. The topological polar surface area (TPSA) is 205 Å². The van der Waals surface area contributed by atoms with Gasteiger partial charge in [-0.1, -0.05) is 63.0 Å². The molecule has 0 bridgehead atoms. The number of hydrogen-bond acceptors (Lipinski definition) is 10. The molecule has 0 fully saturated rings. The fourth-order valence-electron chi connectivity index (χ4n) is 5.12. The quantitative estimate of drug-likeness (QED) is 0.145. The van der Waals surface area contributed by atoms with Crippen LogP contribution in [-0.4, -0.2) is 65.5 Å². The molecule has 4 aromatic rings. The van der Waals surface area contributed by atoms with Gasteiger partial charge in [-0.2, -0.15) is 5.10 Å². The van der Waals surface area contributed by atoms with Crippen LogP contribution in [0.25, 0.3) is 0 Å². The summed E-state index contributed by atoms with van der Waals surface area (Å²) in [6.07, 6.45) is 0.416. The van der Waals surface area contributed by atoms with Crippen molar-refractivity contribution in [1.29, 1.82) is 0 Å². The maximum absolute atomic E-state index is 13.4. The van der Waals surface area contributed by atoms with E-state index in [2.05, 4.69) is 15.6 Å². The number of carbonyl (C=O) groups is 3. The number of benzene rings is 2. The van der Waals surface area contributed by atoms with Crippen LogP contribution in [0.2, 0.25) is 10.0 Å². The van der Waals surface area contributed by atoms with Crippen LogP contribution in [0, 0.1) is 5.41 Å². The maximum atomic E-state index is 13.4. The number of amides is 3. The molecule has 3 amide bonds. The first-order valence-corrected chi connectivity index (χ1v) is 21.3. The van der Waals surface area contributed by atoms with Gasteiger partial charge in [0.15, 0.2) is 19.7 Å². The van der Waals surface area contributed by atoms with Crippen molar-refractivity contribution in [2.24, 2.45) is 18.2 Å². The molecule has 56 heavy (non-hydrogen) atoms. The molecular weight excluding hydrogens is 803 g/mol. The van der Waals surface area contributed by atoms with Gasteiger partial charge in [-0.15, -0.1) is 0 Å². The molecule has 0 aliphatic heterocycles. The highest BCUT2D eigenvalue weighted by Gasteiger charge is 2.46. The third kappa shape index (κ3) is 10.8. The van der Waals surface area contributed by atoms with Gasteiger partial charge in [0.2, 0.25) is 17.7 Å². The molecule has 306 valence electrons. The van der Waals surface area contributed by atoms with Crippen molar-refractivity contribution in [3.8, 4) is 0 Å². The second-order valence-corrected chi connectivity index (χ2v) is 21.6. The molecule has 0 saturated carbocycles. The Balaban J connectivity index is 0.000000307. The molecule has 0 saturated heterocycles. The highest BCUT2D eigenvalue weighted by atomic mass is 35.5. The van der Waals surface area contributed by atoms with Crippen molar-refractivity contribution in [3.63, 3.8) is 0 Å². The number of anilines is 2. The van der Waals surface area contributed by atoms with E-state index in [0.717, 1.165) is 10.6 Å². The molecule has 2 heterocycles. The van der Waals surface area contributed by atoms with Gasteiger partial charge in [-0.25, -0.2) is 16.8 Å². The summed E-state index contributed by atoms with van der Waals surface area (Å²) in [6.45, 7) is 15.3. The van der Waals surface area contributed by atoms with Gasteiger partial charge >= 0.3 is 0 Å². The van der Waals surface area contributed by atoms with Crippen LogP contribution in [-0.2, 0) is 47.5 Å². The fraction of sp³-hybridized carbons (Fsp3) is 0.447. The van der Waals surface area contributed by atoms with Crippen LogP contribution >= 0.6 is 23.2 Å². The number of rotatable bonds is 13. The summed E-state index contributed by atoms with van der Waals surface area (Å²) in [5.41, 5.74) is 6.60. The standard InChI is InChI=1S/C21H28ClN3O5S.C17H22ClN3O3S/c1-20(2,3)13-15-12-18(30-24-15)25(11-10-17(23)26)19(27)21(4,5)31(28,29)16-8-6-14(22)7-9-16;1-11(2)14-10-15(21(5)20-14)19-16(22)17(3,4)25(23,24)13-8-6-12(18)7-9-13/h6-9,12H,10-11,13H2,1-5H3,(H2,23,26);6-11H,1-5H3,(H,19,22). The number of nitrogens with zero attached hydrogens (tertiary/aromatic N) is 4. The van der Waals surface area contributed by atoms with E-state index in [4.69, 9.17) is 33.5 Å². The molecule has 0 aliphatic rings. The van der Waals surface area contributed by atoms with E-state index in [0.29, 0.717) is 28.0 Å². The number of hydrogen-bond donors (Lipinski definition) is 2. The summed E-state index contributed by atoms with van der Waals surface area (Å²) in [4.78, 5) is 38.6. The van der Waals surface area contributed by atoms with Gasteiger partial charge in [0.05, 0.1) is 21.2 Å². The highest BCUT2D eigenvalue weighted by molar-refractivity contribution is 7.94. The molecule has 0 atom stereocenters. The summed E-state index contributed by atoms with van der Waals surface area (Å²) in [7, 11) is -6.30. The van der Waals surface area contributed by atoms with E-state index < -0.39 is 46.9 Å². The summed E-state index contributed by atoms with van der Waals surface area (Å²) in [5.74, 6) is -1.31. The molecule has 0 unspecified atom stereocenters. The molecule has 4 rings (SSSR count). The van der Waals surface area contributed by atoms with Gasteiger partial charge in [0.1, 0.15) is 15.3 Å². The Morgan fingerprint density at radius 2 is 1.32 bits per heavy atom. The third-order valence-electron chi connectivity index (χ3n) is 8.74. The number of aromatic nitrogens is 3. The van der Waals surface area contributed by atoms with Crippen molar-refractivity contribution in [2.75, 3.05) is 16.8 Å². The second-order valence-electron chi connectivity index (χ2n) is 15.7. The summed E-state index contributed by atoms with van der Waals surface area (Å²) in [5, 5.41) is 11.8. The number of primary amides is 1. The van der Waals surface area contributed by atoms with Gasteiger partial charge in [-0.3, -0.25) is 24.0 Å². The summed E-state index contributed by atoms with van der Waals surface area (Å²) >= 11 is 11.7. The van der Waals surface area contributed by atoms with Crippen molar-refractivity contribution in [2.45, 2.75) is 100 Å². The average Bonchev–Trinajstić information content (AvgIpc) is 3.70. The van der Waals surface area contributed by atoms with Gasteiger partial charge in [0.25, 0.3) is 5.91 Å². The molecule has 0 radical (unpaired) electrons. The second kappa shape index (κ2) is 17.5. The zero-order valence-corrected chi connectivity index (χ0v) is 36.3. The monoisotopic (exact) mass is 852 g/mol. The normalized spacial score (nSPS) is 12.5. The fourth-order valence-corrected chi connectivity index (χ4v) is 8.18. The number of aryl methyl sites for hydroxylation is 1. The first kappa shape index (κ1) is 46.1. The summed E-state index contributed by atoms with van der Waals surface area (Å²) in [6, 6.07) is 14.7. The molecular formula is C38H50Cl2N6O8S2. The number of carbonyl (C=O) groups excluding carboxylic acids is 3. The lowest BCUT2D eigenvalue weighted by Gasteiger charge is -2.29. The molecule has 2 aromatic carbocycles. The molecule has 14 nitrogen and oxygen atoms in total. The van der Waals surface area contributed by atoms with E-state index in [1.165, 1.54) is 80.9 Å². The minimum atomic E-state index is -4.10. The van der Waals surface area contributed by atoms with Crippen molar-refractivity contribution < 1.29 is 35.7 Å². The molecule has 0 aliphatic carbocycles. The highest BCUT2D eigenvalue weighted by Crippen LogP contribution is 2.32. The van der Waals surface area contributed by atoms with E-state index in [1.54, 1.807) is 19.2 Å². The van der Waals surface area contributed by atoms with E-state index >= 15 is 0 Å². The lowest BCUT2D eigenvalue weighted by Crippen LogP contribution is -2.51. The molecule has 2 aromatic heterocycles. The van der Waals surface area contributed by atoms with Crippen LogP contribution in [0.3, 0.4) is 0 Å². The molecule has 18 heteroatoms. The maximum Gasteiger partial charge on any atom is 0.250 e. The Morgan fingerprint density at radius 3 is 1.75 bits per heavy atom. The molecule has 3 N–H and O–H groups in total. The van der Waals surface area contributed by atoms with Crippen LogP contribution in [0.4, 0.5) is 11.7 Å². The van der Waals surface area contributed by atoms with E-state index in [-0.39, 0.29) is 40.0 Å². The number of nitrogens with two attached hydrogens (primary N) is 1. The van der Waals surface area contributed by atoms with Crippen molar-refractivity contribution in [3.05, 3.63) is 82.1 Å². The largest absolute Gasteiger partial charge is 0.370 e.